The summed E-state index contributed by atoms with van der Waals surface area (Å²) >= 11 is 0. The molecule has 1 aliphatic heterocycles. The average molecular weight is 296 g/mol. The fraction of sp³-hybridized carbons (Fsp3) is 0.571. The first kappa shape index (κ1) is 17.2. The Morgan fingerprint density at radius 1 is 1.62 bits per heavy atom. The fourth-order valence-corrected chi connectivity index (χ4v) is 1.97. The van der Waals surface area contributed by atoms with Gasteiger partial charge in [0.05, 0.1) is 12.6 Å². The molecule has 1 rings (SSSR count). The van der Waals surface area contributed by atoms with Crippen LogP contribution in [0.15, 0.2) is 30.0 Å². The van der Waals surface area contributed by atoms with E-state index in [4.69, 9.17) is 15.2 Å². The predicted molar refractivity (Wildman–Crippen MR) is 81.5 cm³/mol. The van der Waals surface area contributed by atoms with Gasteiger partial charge in [-0.25, -0.2) is 0 Å². The molecule has 0 bridgehead atoms. The van der Waals surface area contributed by atoms with E-state index >= 15 is 0 Å². The van der Waals surface area contributed by atoms with Gasteiger partial charge >= 0.3 is 5.97 Å². The van der Waals surface area contributed by atoms with Gasteiger partial charge in [-0.1, -0.05) is 6.58 Å². The molecule has 1 fully saturated rings. The monoisotopic (exact) mass is 296 g/mol. The summed E-state index contributed by atoms with van der Waals surface area (Å²) in [5.74, 6) is 0.341. The van der Waals surface area contributed by atoms with Gasteiger partial charge in [-0.3, -0.25) is 9.79 Å². The molecule has 118 valence electrons. The Balaban J connectivity index is 2.49. The van der Waals surface area contributed by atoms with Crippen LogP contribution >= 0.6 is 0 Å². The van der Waals surface area contributed by atoms with Crippen molar-refractivity contribution in [2.45, 2.75) is 25.2 Å². The highest BCUT2D eigenvalue weighted by atomic mass is 16.6. The van der Waals surface area contributed by atoms with Crippen molar-refractivity contribution in [2.75, 3.05) is 27.2 Å². The second-order valence-corrected chi connectivity index (χ2v) is 4.48. The molecule has 7 heteroatoms. The van der Waals surface area contributed by atoms with Crippen molar-refractivity contribution in [3.05, 3.63) is 25.1 Å². The van der Waals surface area contributed by atoms with Crippen LogP contribution in [0.1, 0.15) is 12.8 Å². The molecular weight excluding hydrogens is 272 g/mol. The summed E-state index contributed by atoms with van der Waals surface area (Å²) in [7, 11) is 3.52. The number of nitrogens with two attached hydrogens (primary N) is 1. The Morgan fingerprint density at radius 3 is 2.95 bits per heavy atom. The summed E-state index contributed by atoms with van der Waals surface area (Å²) in [6.45, 7) is 3.91. The number of ether oxygens (including phenoxy) is 2. The maximum atomic E-state index is 11.0. The number of carbonyl (C=O) groups is 1. The standard InChI is InChI=1S/C14H24N4O3/c1-4-18(8-7-12(16-2)17-3)13-6-5-11(21-13)10-20-14(19)9-15/h4,7-8,11,13H,1,5-6,9-10,15H2,2-3H3,(H,16,17)/b8-7-. The summed E-state index contributed by atoms with van der Waals surface area (Å²) in [5.41, 5.74) is 5.18. The van der Waals surface area contributed by atoms with E-state index in [1.807, 2.05) is 17.2 Å². The second kappa shape index (κ2) is 9.15. The third-order valence-corrected chi connectivity index (χ3v) is 3.13. The number of hydrogen-bond donors (Lipinski definition) is 2. The number of hydrogen-bond acceptors (Lipinski definition) is 6. The summed E-state index contributed by atoms with van der Waals surface area (Å²) in [4.78, 5) is 17.0. The Hall–Kier alpha value is -1.86. The van der Waals surface area contributed by atoms with Gasteiger partial charge in [0.1, 0.15) is 18.7 Å². The van der Waals surface area contributed by atoms with Crippen LogP contribution in [0.3, 0.4) is 0 Å². The van der Waals surface area contributed by atoms with Gasteiger partial charge in [-0.05, 0) is 25.1 Å². The maximum absolute atomic E-state index is 11.0. The molecule has 0 aliphatic carbocycles. The van der Waals surface area contributed by atoms with E-state index in [0.29, 0.717) is 0 Å². The first-order chi connectivity index (χ1) is 10.1. The SMILES string of the molecule is C=CN(/C=C\C(=NC)NC)C1CCC(COC(=O)CN)O1. The van der Waals surface area contributed by atoms with Gasteiger partial charge < -0.3 is 25.4 Å². The third-order valence-electron chi connectivity index (χ3n) is 3.13. The fourth-order valence-electron chi connectivity index (χ4n) is 1.97. The van der Waals surface area contributed by atoms with Gasteiger partial charge in [0, 0.05) is 20.3 Å². The Bertz CT molecular complexity index is 409. The molecule has 0 radical (unpaired) electrons. The topological polar surface area (TPSA) is 89.2 Å². The summed E-state index contributed by atoms with van der Waals surface area (Å²) in [5, 5.41) is 2.96. The quantitative estimate of drug-likeness (QED) is 0.396. The van der Waals surface area contributed by atoms with Crippen molar-refractivity contribution in [1.29, 1.82) is 0 Å². The molecule has 1 heterocycles. The highest BCUT2D eigenvalue weighted by Crippen LogP contribution is 2.23. The zero-order valence-corrected chi connectivity index (χ0v) is 12.6. The molecule has 0 amide bonds. The minimum Gasteiger partial charge on any atom is -0.462 e. The van der Waals surface area contributed by atoms with Gasteiger partial charge in [0.15, 0.2) is 0 Å². The van der Waals surface area contributed by atoms with E-state index in [0.717, 1.165) is 18.7 Å². The number of aliphatic imine (C=N–C) groups is 1. The van der Waals surface area contributed by atoms with Crippen LogP contribution in [0.2, 0.25) is 0 Å². The number of rotatable bonds is 7. The van der Waals surface area contributed by atoms with E-state index in [1.165, 1.54) is 0 Å². The van der Waals surface area contributed by atoms with Crippen LogP contribution in [0.4, 0.5) is 0 Å². The van der Waals surface area contributed by atoms with Crippen molar-refractivity contribution in [2.24, 2.45) is 10.7 Å². The predicted octanol–water partition coefficient (Wildman–Crippen LogP) is 0.200. The Labute approximate surface area is 125 Å². The molecule has 0 aromatic rings. The molecule has 2 unspecified atom stereocenters. The molecule has 2 atom stereocenters. The Kier molecular flexibility index (Phi) is 7.49. The molecule has 0 spiro atoms. The van der Waals surface area contributed by atoms with Gasteiger partial charge in [-0.15, -0.1) is 0 Å². The summed E-state index contributed by atoms with van der Waals surface area (Å²) in [6, 6.07) is 0. The number of amidine groups is 1. The molecule has 1 saturated heterocycles. The van der Waals surface area contributed by atoms with E-state index in [1.54, 1.807) is 20.3 Å². The van der Waals surface area contributed by atoms with E-state index < -0.39 is 5.97 Å². The zero-order valence-electron chi connectivity index (χ0n) is 12.6. The third kappa shape index (κ3) is 5.57. The number of likely N-dealkylation sites (N-methyl/N-ethyl adjacent to an activating group) is 1. The van der Waals surface area contributed by atoms with E-state index in [-0.39, 0.29) is 25.5 Å². The number of nitrogens with zero attached hydrogens (tertiary/aromatic N) is 2. The number of esters is 1. The lowest BCUT2D eigenvalue weighted by Gasteiger charge is -2.23. The van der Waals surface area contributed by atoms with Crippen molar-refractivity contribution in [3.63, 3.8) is 0 Å². The van der Waals surface area contributed by atoms with Gasteiger partial charge in [0.25, 0.3) is 0 Å². The molecule has 1 aliphatic rings. The van der Waals surface area contributed by atoms with E-state index in [9.17, 15) is 4.79 Å². The van der Waals surface area contributed by atoms with Crippen molar-refractivity contribution in [3.8, 4) is 0 Å². The van der Waals surface area contributed by atoms with Crippen LogP contribution in [0.25, 0.3) is 0 Å². The van der Waals surface area contributed by atoms with Crippen molar-refractivity contribution >= 4 is 11.8 Å². The normalized spacial score (nSPS) is 22.3. The lowest BCUT2D eigenvalue weighted by molar-refractivity contribution is -0.146. The van der Waals surface area contributed by atoms with Gasteiger partial charge in [0.2, 0.25) is 0 Å². The minimum atomic E-state index is -0.416. The van der Waals surface area contributed by atoms with Crippen molar-refractivity contribution < 1.29 is 14.3 Å². The first-order valence-electron chi connectivity index (χ1n) is 6.88. The van der Waals surface area contributed by atoms with Crippen molar-refractivity contribution in [1.82, 2.24) is 10.2 Å². The molecular formula is C14H24N4O3. The lowest BCUT2D eigenvalue weighted by atomic mass is 10.2. The van der Waals surface area contributed by atoms with Crippen LogP contribution in [0, 0.1) is 0 Å². The average Bonchev–Trinajstić information content (AvgIpc) is 2.98. The van der Waals surface area contributed by atoms with Crippen LogP contribution in [-0.2, 0) is 14.3 Å². The van der Waals surface area contributed by atoms with Gasteiger partial charge in [-0.2, -0.15) is 0 Å². The second-order valence-electron chi connectivity index (χ2n) is 4.48. The highest BCUT2D eigenvalue weighted by molar-refractivity contribution is 5.92. The maximum Gasteiger partial charge on any atom is 0.319 e. The first-order valence-corrected chi connectivity index (χ1v) is 6.88. The molecule has 7 nitrogen and oxygen atoms in total. The molecule has 3 N–H and O–H groups in total. The lowest BCUT2D eigenvalue weighted by Crippen LogP contribution is -2.29. The summed E-state index contributed by atoms with van der Waals surface area (Å²) in [6.07, 6.45) is 6.82. The molecule has 0 saturated carbocycles. The Morgan fingerprint density at radius 2 is 2.38 bits per heavy atom. The number of carbonyl (C=O) groups excluding carboxylic acids is 1. The molecule has 0 aromatic heterocycles. The van der Waals surface area contributed by atoms with Crippen LogP contribution < -0.4 is 11.1 Å². The minimum absolute atomic E-state index is 0.107. The van der Waals surface area contributed by atoms with Crippen LogP contribution in [0.5, 0.6) is 0 Å². The largest absolute Gasteiger partial charge is 0.462 e. The van der Waals surface area contributed by atoms with E-state index in [2.05, 4.69) is 16.9 Å². The smallest absolute Gasteiger partial charge is 0.319 e. The van der Waals surface area contributed by atoms with Crippen LogP contribution in [-0.4, -0.2) is 56.3 Å². The summed E-state index contributed by atoms with van der Waals surface area (Å²) < 4.78 is 10.8. The zero-order chi connectivity index (χ0) is 15.7. The molecule has 0 aromatic carbocycles. The highest BCUT2D eigenvalue weighted by Gasteiger charge is 2.28. The molecule has 21 heavy (non-hydrogen) atoms. The number of nitrogens with one attached hydrogen (secondary N) is 1.